The van der Waals surface area contributed by atoms with E-state index in [9.17, 15) is 4.79 Å². The van der Waals surface area contributed by atoms with Gasteiger partial charge in [-0.05, 0) is 17.5 Å². The van der Waals surface area contributed by atoms with Gasteiger partial charge in [0, 0.05) is 23.7 Å². The highest BCUT2D eigenvalue weighted by Gasteiger charge is 2.37. The van der Waals surface area contributed by atoms with E-state index in [2.05, 4.69) is 34.1 Å². The van der Waals surface area contributed by atoms with Crippen LogP contribution in [0.4, 0.5) is 10.6 Å². The molecule has 1 fully saturated rings. The third kappa shape index (κ3) is 3.48. The number of aromatic nitrogens is 6. The molecule has 1 unspecified atom stereocenters. The maximum atomic E-state index is 12.3. The summed E-state index contributed by atoms with van der Waals surface area (Å²) in [6.45, 7) is 4.50. The van der Waals surface area contributed by atoms with Gasteiger partial charge >= 0.3 is 6.09 Å². The van der Waals surface area contributed by atoms with Gasteiger partial charge in [0.2, 0.25) is 0 Å². The molecule has 32 heavy (non-hydrogen) atoms. The minimum absolute atomic E-state index is 0.0182. The van der Waals surface area contributed by atoms with Crippen LogP contribution >= 0.6 is 0 Å². The zero-order valence-electron chi connectivity index (χ0n) is 17.8. The van der Waals surface area contributed by atoms with E-state index in [0.29, 0.717) is 36.1 Å². The van der Waals surface area contributed by atoms with Gasteiger partial charge in [-0.25, -0.2) is 19.3 Å². The third-order valence-electron chi connectivity index (χ3n) is 5.61. The average Bonchev–Trinajstić information content (AvgIpc) is 3.52. The Morgan fingerprint density at radius 3 is 2.72 bits per heavy atom. The standard InChI is InChI=1S/C22H23N7O3/c1-13(2)17-12-32-22(31)29(17)19-7-9-28-21(25-19)16(11-23-28)14-3-5-15(6-4-14)20-24-18(8-10-30)26-27-20/h3-7,9,11,13,17,30H,8,10,12H2,1-2H3,(H,24,26,27). The highest BCUT2D eigenvalue weighted by molar-refractivity contribution is 5.90. The van der Waals surface area contributed by atoms with E-state index < -0.39 is 0 Å². The number of hydrogen-bond acceptors (Lipinski definition) is 7. The van der Waals surface area contributed by atoms with Crippen molar-refractivity contribution in [2.45, 2.75) is 26.3 Å². The van der Waals surface area contributed by atoms with E-state index in [4.69, 9.17) is 14.8 Å². The zero-order valence-corrected chi connectivity index (χ0v) is 17.8. The van der Waals surface area contributed by atoms with Crippen molar-refractivity contribution < 1.29 is 14.6 Å². The van der Waals surface area contributed by atoms with Gasteiger partial charge in [-0.1, -0.05) is 38.1 Å². The van der Waals surface area contributed by atoms with Gasteiger partial charge < -0.3 is 9.84 Å². The number of benzene rings is 1. The van der Waals surface area contributed by atoms with E-state index in [1.165, 1.54) is 0 Å². The van der Waals surface area contributed by atoms with Gasteiger partial charge in [-0.2, -0.15) is 10.2 Å². The molecule has 1 aliphatic heterocycles. The van der Waals surface area contributed by atoms with Gasteiger partial charge in [0.1, 0.15) is 18.2 Å². The van der Waals surface area contributed by atoms with Crippen LogP contribution in [0.5, 0.6) is 0 Å². The molecular formula is C22H23N7O3. The number of nitrogens with one attached hydrogen (secondary N) is 1. The second kappa shape index (κ2) is 8.04. The lowest BCUT2D eigenvalue weighted by atomic mass is 10.0. The Bertz CT molecular complexity index is 1260. The Morgan fingerprint density at radius 1 is 1.19 bits per heavy atom. The number of anilines is 1. The highest BCUT2D eigenvalue weighted by Crippen LogP contribution is 2.30. The predicted octanol–water partition coefficient (Wildman–Crippen LogP) is 2.70. The largest absolute Gasteiger partial charge is 0.447 e. The molecule has 1 saturated heterocycles. The first-order valence-corrected chi connectivity index (χ1v) is 10.5. The van der Waals surface area contributed by atoms with Crippen LogP contribution in [0, 0.1) is 5.92 Å². The monoisotopic (exact) mass is 433 g/mol. The Kier molecular flexibility index (Phi) is 5.06. The summed E-state index contributed by atoms with van der Waals surface area (Å²) in [4.78, 5) is 23.1. The molecular weight excluding hydrogens is 410 g/mol. The second-order valence-corrected chi connectivity index (χ2v) is 8.03. The minimum Gasteiger partial charge on any atom is -0.447 e. The Labute approximate surface area is 183 Å². The molecule has 0 spiro atoms. The fourth-order valence-electron chi connectivity index (χ4n) is 3.83. The summed E-state index contributed by atoms with van der Waals surface area (Å²) < 4.78 is 6.96. The molecule has 10 nitrogen and oxygen atoms in total. The van der Waals surface area contributed by atoms with Gasteiger partial charge in [0.25, 0.3) is 0 Å². The minimum atomic E-state index is -0.377. The molecule has 2 N–H and O–H groups in total. The number of amides is 1. The summed E-state index contributed by atoms with van der Waals surface area (Å²) in [7, 11) is 0. The summed E-state index contributed by atoms with van der Waals surface area (Å²) in [6.07, 6.45) is 3.62. The first kappa shape index (κ1) is 20.1. The van der Waals surface area contributed by atoms with Crippen molar-refractivity contribution in [2.24, 2.45) is 5.92 Å². The number of carbonyl (C=O) groups is 1. The summed E-state index contributed by atoms with van der Waals surface area (Å²) in [5.41, 5.74) is 3.30. The number of aliphatic hydroxyl groups excluding tert-OH is 1. The van der Waals surface area contributed by atoms with Crippen LogP contribution in [0.1, 0.15) is 19.7 Å². The topological polar surface area (TPSA) is 122 Å². The predicted molar refractivity (Wildman–Crippen MR) is 117 cm³/mol. The quantitative estimate of drug-likeness (QED) is 0.479. The molecule has 3 aromatic heterocycles. The molecule has 1 aliphatic rings. The molecule has 4 heterocycles. The number of aliphatic hydroxyl groups is 1. The normalized spacial score (nSPS) is 16.3. The molecule has 164 valence electrons. The van der Waals surface area contributed by atoms with Crippen molar-refractivity contribution in [3.05, 3.63) is 48.5 Å². The van der Waals surface area contributed by atoms with Gasteiger partial charge in [0.15, 0.2) is 11.5 Å². The fraction of sp³-hybridized carbons (Fsp3) is 0.318. The molecule has 1 amide bonds. The lowest BCUT2D eigenvalue weighted by molar-refractivity contribution is 0.177. The van der Waals surface area contributed by atoms with E-state index in [-0.39, 0.29) is 24.7 Å². The summed E-state index contributed by atoms with van der Waals surface area (Å²) in [5.74, 6) is 2.01. The van der Waals surface area contributed by atoms with E-state index >= 15 is 0 Å². The van der Waals surface area contributed by atoms with Crippen LogP contribution in [-0.2, 0) is 11.2 Å². The van der Waals surface area contributed by atoms with Gasteiger partial charge in [-0.15, -0.1) is 0 Å². The molecule has 0 bridgehead atoms. The lowest BCUT2D eigenvalue weighted by Crippen LogP contribution is -2.37. The van der Waals surface area contributed by atoms with Gasteiger partial charge in [-0.3, -0.25) is 10.00 Å². The Morgan fingerprint density at radius 2 is 1.97 bits per heavy atom. The first-order chi connectivity index (χ1) is 15.5. The molecule has 0 aliphatic carbocycles. The SMILES string of the molecule is CC(C)C1COC(=O)N1c1ccn2ncc(-c3ccc(-c4n[nH]c(CCO)n4)cc3)c2n1. The average molecular weight is 433 g/mol. The van der Waals surface area contributed by atoms with Crippen LogP contribution in [0.25, 0.3) is 28.2 Å². The summed E-state index contributed by atoms with van der Waals surface area (Å²) in [6, 6.07) is 9.51. The molecule has 1 atom stereocenters. The van der Waals surface area contributed by atoms with Crippen LogP contribution < -0.4 is 4.90 Å². The Balaban J connectivity index is 1.48. The summed E-state index contributed by atoms with van der Waals surface area (Å²) >= 11 is 0. The van der Waals surface area contributed by atoms with Crippen LogP contribution in [0.2, 0.25) is 0 Å². The number of hydrogen-bond donors (Lipinski definition) is 2. The second-order valence-electron chi connectivity index (χ2n) is 8.03. The number of H-pyrrole nitrogens is 1. The molecule has 0 radical (unpaired) electrons. The molecule has 4 aromatic rings. The number of fused-ring (bicyclic) bond motifs is 1. The number of cyclic esters (lactones) is 1. The van der Waals surface area contributed by atoms with Crippen molar-refractivity contribution in [2.75, 3.05) is 18.1 Å². The Hall–Kier alpha value is -3.79. The van der Waals surface area contributed by atoms with Crippen molar-refractivity contribution >= 4 is 17.6 Å². The van der Waals surface area contributed by atoms with Crippen LogP contribution in [0.15, 0.2) is 42.7 Å². The van der Waals surface area contributed by atoms with E-state index in [1.54, 1.807) is 27.9 Å². The molecule has 5 rings (SSSR count). The molecule has 10 heteroatoms. The van der Waals surface area contributed by atoms with E-state index in [0.717, 1.165) is 16.7 Å². The fourth-order valence-corrected chi connectivity index (χ4v) is 3.83. The molecule has 1 aromatic carbocycles. The number of rotatable bonds is 6. The number of carbonyl (C=O) groups excluding carboxylic acids is 1. The maximum absolute atomic E-state index is 12.3. The maximum Gasteiger partial charge on any atom is 0.415 e. The smallest absolute Gasteiger partial charge is 0.415 e. The van der Waals surface area contributed by atoms with Crippen molar-refractivity contribution in [1.82, 2.24) is 29.8 Å². The molecule has 0 saturated carbocycles. The number of aromatic amines is 1. The highest BCUT2D eigenvalue weighted by atomic mass is 16.6. The zero-order chi connectivity index (χ0) is 22.2. The van der Waals surface area contributed by atoms with Crippen molar-refractivity contribution in [1.29, 1.82) is 0 Å². The van der Waals surface area contributed by atoms with Crippen molar-refractivity contribution in [3.63, 3.8) is 0 Å². The third-order valence-corrected chi connectivity index (χ3v) is 5.61. The number of ether oxygens (including phenoxy) is 1. The van der Waals surface area contributed by atoms with Crippen LogP contribution in [0.3, 0.4) is 0 Å². The van der Waals surface area contributed by atoms with Gasteiger partial charge in [0.05, 0.1) is 18.8 Å². The van der Waals surface area contributed by atoms with E-state index in [1.807, 2.05) is 24.3 Å². The summed E-state index contributed by atoms with van der Waals surface area (Å²) in [5, 5.41) is 20.5. The van der Waals surface area contributed by atoms with Crippen LogP contribution in [-0.4, -0.2) is 60.2 Å². The first-order valence-electron chi connectivity index (χ1n) is 10.5. The lowest BCUT2D eigenvalue weighted by Gasteiger charge is -2.23. The number of nitrogens with zero attached hydrogens (tertiary/aromatic N) is 6. The van der Waals surface area contributed by atoms with Crippen molar-refractivity contribution in [3.8, 4) is 22.5 Å².